The Morgan fingerprint density at radius 3 is 2.44 bits per heavy atom. The highest BCUT2D eigenvalue weighted by atomic mass is 16.3. The van der Waals surface area contributed by atoms with Crippen LogP contribution in [0.1, 0.15) is 30.1 Å². The Morgan fingerprint density at radius 1 is 1.07 bits per heavy atom. The fourth-order valence-electron chi connectivity index (χ4n) is 2.68. The number of hydrogen-bond acceptors (Lipinski definition) is 4. The minimum atomic E-state index is -0.305. The van der Waals surface area contributed by atoms with Crippen molar-refractivity contribution in [2.24, 2.45) is 0 Å². The maximum absolute atomic E-state index is 12.3. The zero-order chi connectivity index (χ0) is 19.2. The molecular formula is C21H21N3O3. The van der Waals surface area contributed by atoms with Crippen LogP contribution in [0.5, 0.6) is 0 Å². The molecule has 0 aliphatic carbocycles. The Bertz CT molecular complexity index is 937. The van der Waals surface area contributed by atoms with E-state index in [1.807, 2.05) is 38.1 Å². The fourth-order valence-corrected chi connectivity index (χ4v) is 2.68. The highest BCUT2D eigenvalue weighted by Crippen LogP contribution is 2.16. The van der Waals surface area contributed by atoms with E-state index in [4.69, 9.17) is 4.42 Å². The Balaban J connectivity index is 1.62. The fraction of sp³-hybridized carbons (Fsp3) is 0.190. The lowest BCUT2D eigenvalue weighted by atomic mass is 10.1. The second kappa shape index (κ2) is 8.31. The molecule has 0 saturated heterocycles. The average molecular weight is 363 g/mol. The molecule has 27 heavy (non-hydrogen) atoms. The number of aromatic nitrogens is 1. The third kappa shape index (κ3) is 4.41. The summed E-state index contributed by atoms with van der Waals surface area (Å²) in [5.74, 6) is 0.0420. The molecular weight excluding hydrogens is 342 g/mol. The van der Waals surface area contributed by atoms with E-state index >= 15 is 0 Å². The number of carbonyl (C=O) groups excluding carboxylic acids is 2. The van der Waals surface area contributed by atoms with E-state index in [0.29, 0.717) is 35.8 Å². The van der Waals surface area contributed by atoms with Gasteiger partial charge in [0, 0.05) is 36.5 Å². The molecule has 6 nitrogen and oxygen atoms in total. The van der Waals surface area contributed by atoms with E-state index in [9.17, 15) is 9.59 Å². The first-order valence-electron chi connectivity index (χ1n) is 8.84. The zero-order valence-electron chi connectivity index (χ0n) is 15.3. The maximum atomic E-state index is 12.3. The van der Waals surface area contributed by atoms with Gasteiger partial charge in [0.2, 0.25) is 11.8 Å². The summed E-state index contributed by atoms with van der Waals surface area (Å²) in [6, 6.07) is 14.2. The first-order chi connectivity index (χ1) is 13.1. The predicted molar refractivity (Wildman–Crippen MR) is 105 cm³/mol. The molecule has 0 atom stereocenters. The van der Waals surface area contributed by atoms with Crippen molar-refractivity contribution >= 4 is 34.7 Å². The van der Waals surface area contributed by atoms with E-state index < -0.39 is 0 Å². The number of carbonyl (C=O) groups is 2. The summed E-state index contributed by atoms with van der Waals surface area (Å²) in [5, 5.41) is 2.75. The molecule has 2 aromatic carbocycles. The zero-order valence-corrected chi connectivity index (χ0v) is 15.3. The molecule has 6 heteroatoms. The minimum Gasteiger partial charge on any atom is -0.437 e. The molecule has 2 amide bonds. The lowest BCUT2D eigenvalue weighted by Crippen LogP contribution is -2.30. The molecule has 0 unspecified atom stereocenters. The normalized spacial score (nSPS) is 11.0. The molecule has 0 aliphatic rings. The van der Waals surface area contributed by atoms with Crippen molar-refractivity contribution in [1.29, 1.82) is 0 Å². The number of nitrogens with zero attached hydrogens (tertiary/aromatic N) is 2. The van der Waals surface area contributed by atoms with Gasteiger partial charge >= 0.3 is 0 Å². The summed E-state index contributed by atoms with van der Waals surface area (Å²) < 4.78 is 5.53. The van der Waals surface area contributed by atoms with Crippen molar-refractivity contribution in [1.82, 2.24) is 9.88 Å². The molecule has 3 rings (SSSR count). The quantitative estimate of drug-likeness (QED) is 0.673. The largest absolute Gasteiger partial charge is 0.437 e. The Morgan fingerprint density at radius 2 is 1.78 bits per heavy atom. The van der Waals surface area contributed by atoms with E-state index in [2.05, 4.69) is 10.3 Å². The van der Waals surface area contributed by atoms with Crippen molar-refractivity contribution in [3.63, 3.8) is 0 Å². The van der Waals surface area contributed by atoms with Crippen molar-refractivity contribution in [3.8, 4) is 0 Å². The number of hydrogen-bond donors (Lipinski definition) is 1. The molecule has 0 saturated carbocycles. The number of oxazole rings is 1. The van der Waals surface area contributed by atoms with E-state index in [0.717, 1.165) is 5.52 Å². The summed E-state index contributed by atoms with van der Waals surface area (Å²) in [7, 11) is 0. The van der Waals surface area contributed by atoms with Gasteiger partial charge in [-0.2, -0.15) is 0 Å². The Kier molecular flexibility index (Phi) is 5.66. The van der Waals surface area contributed by atoms with Gasteiger partial charge in [-0.1, -0.05) is 12.1 Å². The van der Waals surface area contributed by atoms with Crippen molar-refractivity contribution in [3.05, 3.63) is 66.1 Å². The van der Waals surface area contributed by atoms with Gasteiger partial charge in [0.1, 0.15) is 5.52 Å². The van der Waals surface area contributed by atoms with Crippen LogP contribution in [0.25, 0.3) is 17.2 Å². The van der Waals surface area contributed by atoms with Gasteiger partial charge in [-0.05, 0) is 50.2 Å². The third-order valence-electron chi connectivity index (χ3n) is 4.14. The van der Waals surface area contributed by atoms with Crippen LogP contribution >= 0.6 is 0 Å². The van der Waals surface area contributed by atoms with Crippen molar-refractivity contribution in [2.75, 3.05) is 18.4 Å². The molecule has 1 N–H and O–H groups in total. The van der Waals surface area contributed by atoms with Gasteiger partial charge in [-0.25, -0.2) is 4.98 Å². The Labute approximate surface area is 157 Å². The van der Waals surface area contributed by atoms with Crippen molar-refractivity contribution < 1.29 is 14.0 Å². The number of anilines is 1. The number of fused-ring (bicyclic) bond motifs is 1. The maximum Gasteiger partial charge on any atom is 0.253 e. The number of rotatable bonds is 6. The van der Waals surface area contributed by atoms with Crippen LogP contribution in [0.2, 0.25) is 0 Å². The van der Waals surface area contributed by atoms with Crippen LogP contribution < -0.4 is 5.32 Å². The molecule has 0 spiro atoms. The SMILES string of the molecule is CCN(CC)C(=O)c1ccc(NC(=O)/C=C/c2nc3ccccc3o2)cc1. The smallest absolute Gasteiger partial charge is 0.253 e. The predicted octanol–water partition coefficient (Wildman–Crippen LogP) is 3.96. The van der Waals surface area contributed by atoms with Crippen LogP contribution in [0, 0.1) is 0 Å². The summed E-state index contributed by atoms with van der Waals surface area (Å²) in [6.07, 6.45) is 2.88. The molecule has 0 radical (unpaired) electrons. The summed E-state index contributed by atoms with van der Waals surface area (Å²) in [6.45, 7) is 5.21. The highest BCUT2D eigenvalue weighted by Gasteiger charge is 2.12. The van der Waals surface area contributed by atoms with E-state index in [1.54, 1.807) is 29.2 Å². The van der Waals surface area contributed by atoms with E-state index in [1.165, 1.54) is 12.2 Å². The number of nitrogens with one attached hydrogen (secondary N) is 1. The van der Waals surface area contributed by atoms with Gasteiger partial charge in [0.15, 0.2) is 5.58 Å². The third-order valence-corrected chi connectivity index (χ3v) is 4.14. The molecule has 0 aliphatic heterocycles. The monoisotopic (exact) mass is 363 g/mol. The summed E-state index contributed by atoms with van der Waals surface area (Å²) >= 11 is 0. The first kappa shape index (κ1) is 18.4. The standard InChI is InChI=1S/C21H21N3O3/c1-3-24(4-2)21(26)15-9-11-16(12-10-15)22-19(25)13-14-20-23-17-7-5-6-8-18(17)27-20/h5-14H,3-4H2,1-2H3,(H,22,25)/b14-13+. The molecule has 1 aromatic heterocycles. The second-order valence-electron chi connectivity index (χ2n) is 5.90. The van der Waals surface area contributed by atoms with Crippen molar-refractivity contribution in [2.45, 2.75) is 13.8 Å². The van der Waals surface area contributed by atoms with Gasteiger partial charge in [0.25, 0.3) is 5.91 Å². The minimum absolute atomic E-state index is 0.0197. The second-order valence-corrected chi connectivity index (χ2v) is 5.90. The summed E-state index contributed by atoms with van der Waals surface area (Å²) in [4.78, 5) is 30.4. The summed E-state index contributed by atoms with van der Waals surface area (Å²) in [5.41, 5.74) is 2.62. The van der Waals surface area contributed by atoms with Crippen LogP contribution in [0.3, 0.4) is 0 Å². The van der Waals surface area contributed by atoms with Gasteiger partial charge < -0.3 is 14.6 Å². The van der Waals surface area contributed by atoms with Gasteiger partial charge in [0.05, 0.1) is 0 Å². The van der Waals surface area contributed by atoms with Gasteiger partial charge in [-0.15, -0.1) is 0 Å². The van der Waals surface area contributed by atoms with Crippen LogP contribution in [0.15, 0.2) is 59.0 Å². The topological polar surface area (TPSA) is 75.4 Å². The Hall–Kier alpha value is -3.41. The van der Waals surface area contributed by atoms with E-state index in [-0.39, 0.29) is 11.8 Å². The van der Waals surface area contributed by atoms with Crippen LogP contribution in [-0.2, 0) is 4.79 Å². The number of amides is 2. The molecule has 0 bridgehead atoms. The number of para-hydroxylation sites is 2. The molecule has 3 aromatic rings. The first-order valence-corrected chi connectivity index (χ1v) is 8.84. The molecule has 138 valence electrons. The van der Waals surface area contributed by atoms with Crippen LogP contribution in [-0.4, -0.2) is 34.8 Å². The lowest BCUT2D eigenvalue weighted by Gasteiger charge is -2.18. The number of benzene rings is 2. The lowest BCUT2D eigenvalue weighted by molar-refractivity contribution is -0.111. The highest BCUT2D eigenvalue weighted by molar-refractivity contribution is 6.02. The van der Waals surface area contributed by atoms with Gasteiger partial charge in [-0.3, -0.25) is 9.59 Å². The van der Waals surface area contributed by atoms with Crippen LogP contribution in [0.4, 0.5) is 5.69 Å². The average Bonchev–Trinajstić information content (AvgIpc) is 3.11. The molecule has 1 heterocycles. The molecule has 0 fully saturated rings.